The average molecular weight is 293 g/mol. The summed E-state index contributed by atoms with van der Waals surface area (Å²) in [5.74, 6) is 1.78. The van der Waals surface area contributed by atoms with E-state index in [1.54, 1.807) is 0 Å². The summed E-state index contributed by atoms with van der Waals surface area (Å²) in [6, 6.07) is 10.3. The molecule has 1 atom stereocenters. The van der Waals surface area contributed by atoms with Crippen molar-refractivity contribution in [3.05, 3.63) is 58.0 Å². The number of hydrogen-bond acceptors (Lipinski definition) is 3. The minimum absolute atomic E-state index is 0.308. The second-order valence-corrected chi connectivity index (χ2v) is 5.58. The van der Waals surface area contributed by atoms with Crippen LogP contribution in [-0.4, -0.2) is 11.9 Å². The van der Waals surface area contributed by atoms with Crippen LogP contribution in [-0.2, 0) is 13.1 Å². The third-order valence-corrected chi connectivity index (χ3v) is 3.96. The lowest BCUT2D eigenvalue weighted by molar-refractivity contribution is 0.251. The molecule has 108 valence electrons. The molecule has 0 aliphatic rings. The van der Waals surface area contributed by atoms with Gasteiger partial charge in [0.05, 0.1) is 6.54 Å². The van der Waals surface area contributed by atoms with E-state index in [9.17, 15) is 0 Å². The summed E-state index contributed by atoms with van der Waals surface area (Å²) in [5, 5.41) is 0.766. The highest BCUT2D eigenvalue weighted by atomic mass is 35.5. The lowest BCUT2D eigenvalue weighted by Gasteiger charge is -2.24. The van der Waals surface area contributed by atoms with Crippen LogP contribution in [0.2, 0.25) is 5.02 Å². The maximum absolute atomic E-state index is 5.93. The van der Waals surface area contributed by atoms with Crippen LogP contribution in [0.5, 0.6) is 0 Å². The molecule has 0 bridgehead atoms. The Morgan fingerprint density at radius 1 is 1.30 bits per heavy atom. The van der Waals surface area contributed by atoms with E-state index in [1.165, 1.54) is 11.1 Å². The summed E-state index contributed by atoms with van der Waals surface area (Å²) >= 11 is 5.93. The molecule has 3 nitrogen and oxygen atoms in total. The van der Waals surface area contributed by atoms with Crippen LogP contribution in [0.1, 0.15) is 35.6 Å². The van der Waals surface area contributed by atoms with E-state index < -0.39 is 0 Å². The summed E-state index contributed by atoms with van der Waals surface area (Å²) in [6.07, 6.45) is 0. The van der Waals surface area contributed by atoms with Crippen molar-refractivity contribution in [3.8, 4) is 0 Å². The van der Waals surface area contributed by atoms with Crippen molar-refractivity contribution in [2.45, 2.75) is 33.0 Å². The van der Waals surface area contributed by atoms with Gasteiger partial charge in [-0.15, -0.1) is 0 Å². The van der Waals surface area contributed by atoms with Gasteiger partial charge in [0.25, 0.3) is 0 Å². The molecule has 0 saturated carbocycles. The van der Waals surface area contributed by atoms with Crippen molar-refractivity contribution in [1.82, 2.24) is 4.90 Å². The Labute approximate surface area is 125 Å². The fraction of sp³-hybridized carbons (Fsp3) is 0.375. The van der Waals surface area contributed by atoms with Gasteiger partial charge in [-0.25, -0.2) is 0 Å². The lowest BCUT2D eigenvalue weighted by atomic mass is 10.1. The predicted octanol–water partition coefficient (Wildman–Crippen LogP) is 3.89. The zero-order chi connectivity index (χ0) is 14.7. The number of benzene rings is 1. The van der Waals surface area contributed by atoms with E-state index in [2.05, 4.69) is 31.0 Å². The Bertz CT molecular complexity index is 562. The molecule has 1 aromatic heterocycles. The molecule has 0 aliphatic carbocycles. The first-order valence-corrected chi connectivity index (χ1v) is 7.13. The third kappa shape index (κ3) is 3.42. The Morgan fingerprint density at radius 2 is 1.95 bits per heavy atom. The highest BCUT2D eigenvalue weighted by Gasteiger charge is 2.15. The molecule has 2 aromatic rings. The minimum atomic E-state index is 0.308. The van der Waals surface area contributed by atoms with Gasteiger partial charge in [0.1, 0.15) is 11.5 Å². The zero-order valence-corrected chi connectivity index (χ0v) is 12.9. The van der Waals surface area contributed by atoms with Gasteiger partial charge in [-0.3, -0.25) is 4.90 Å². The molecular weight excluding hydrogens is 272 g/mol. The monoisotopic (exact) mass is 292 g/mol. The van der Waals surface area contributed by atoms with Crippen LogP contribution in [0.25, 0.3) is 0 Å². The summed E-state index contributed by atoms with van der Waals surface area (Å²) in [7, 11) is 2.10. The Hall–Kier alpha value is -1.29. The molecule has 4 heteroatoms. The van der Waals surface area contributed by atoms with Crippen molar-refractivity contribution in [2.75, 3.05) is 7.05 Å². The molecule has 20 heavy (non-hydrogen) atoms. The van der Waals surface area contributed by atoms with E-state index in [0.29, 0.717) is 12.6 Å². The molecule has 2 rings (SSSR count). The fourth-order valence-corrected chi connectivity index (χ4v) is 2.37. The summed E-state index contributed by atoms with van der Waals surface area (Å²) < 4.78 is 5.60. The van der Waals surface area contributed by atoms with E-state index in [1.807, 2.05) is 25.1 Å². The van der Waals surface area contributed by atoms with Crippen molar-refractivity contribution >= 4 is 11.6 Å². The molecule has 1 aromatic carbocycles. The van der Waals surface area contributed by atoms with Gasteiger partial charge in [-0.2, -0.15) is 0 Å². The number of aryl methyl sites for hydroxylation is 1. The second kappa shape index (κ2) is 6.44. The summed E-state index contributed by atoms with van der Waals surface area (Å²) in [5.41, 5.74) is 8.04. The first kappa shape index (κ1) is 15.1. The number of furan rings is 1. The first-order chi connectivity index (χ1) is 9.51. The highest BCUT2D eigenvalue weighted by Crippen LogP contribution is 2.24. The number of hydrogen-bond donors (Lipinski definition) is 1. The van der Waals surface area contributed by atoms with Gasteiger partial charge in [-0.05, 0) is 44.7 Å². The van der Waals surface area contributed by atoms with Crippen LogP contribution in [0.4, 0.5) is 0 Å². The smallest absolute Gasteiger partial charge is 0.118 e. The van der Waals surface area contributed by atoms with Crippen molar-refractivity contribution in [2.24, 2.45) is 5.73 Å². The quantitative estimate of drug-likeness (QED) is 0.909. The number of rotatable bonds is 5. The number of nitrogens with zero attached hydrogens (tertiary/aromatic N) is 1. The van der Waals surface area contributed by atoms with Gasteiger partial charge in [0.15, 0.2) is 0 Å². The number of halogens is 1. The van der Waals surface area contributed by atoms with Crippen molar-refractivity contribution in [1.29, 1.82) is 0 Å². The van der Waals surface area contributed by atoms with Crippen LogP contribution >= 0.6 is 11.6 Å². The maximum atomic E-state index is 5.93. The van der Waals surface area contributed by atoms with Gasteiger partial charge in [0, 0.05) is 23.2 Å². The molecule has 1 unspecified atom stereocenters. The summed E-state index contributed by atoms with van der Waals surface area (Å²) in [6.45, 7) is 5.44. The average Bonchev–Trinajstić information content (AvgIpc) is 2.79. The first-order valence-electron chi connectivity index (χ1n) is 6.75. The molecular formula is C16H21ClN2O. The Morgan fingerprint density at radius 3 is 2.50 bits per heavy atom. The molecule has 0 amide bonds. The van der Waals surface area contributed by atoms with E-state index in [0.717, 1.165) is 23.1 Å². The van der Waals surface area contributed by atoms with Crippen LogP contribution in [0.3, 0.4) is 0 Å². The van der Waals surface area contributed by atoms with Crippen LogP contribution in [0.15, 0.2) is 34.7 Å². The maximum Gasteiger partial charge on any atom is 0.118 e. The Balaban J connectivity index is 2.08. The molecule has 0 saturated heterocycles. The number of nitrogens with two attached hydrogens (primary N) is 1. The molecule has 0 aliphatic heterocycles. The SMILES string of the molecule is Cc1oc(CN)cc1CN(C)C(C)c1ccc(Cl)cc1. The second-order valence-electron chi connectivity index (χ2n) is 5.14. The molecule has 0 radical (unpaired) electrons. The van der Waals surface area contributed by atoms with Crippen LogP contribution < -0.4 is 5.73 Å². The molecule has 0 spiro atoms. The van der Waals surface area contributed by atoms with Crippen molar-refractivity contribution in [3.63, 3.8) is 0 Å². The Kier molecular flexibility index (Phi) is 4.86. The van der Waals surface area contributed by atoms with Gasteiger partial charge < -0.3 is 10.2 Å². The largest absolute Gasteiger partial charge is 0.465 e. The lowest BCUT2D eigenvalue weighted by Crippen LogP contribution is -2.22. The minimum Gasteiger partial charge on any atom is -0.465 e. The van der Waals surface area contributed by atoms with E-state index in [4.69, 9.17) is 21.8 Å². The highest BCUT2D eigenvalue weighted by molar-refractivity contribution is 6.30. The van der Waals surface area contributed by atoms with E-state index in [-0.39, 0.29) is 0 Å². The molecule has 2 N–H and O–H groups in total. The van der Waals surface area contributed by atoms with E-state index >= 15 is 0 Å². The normalized spacial score (nSPS) is 12.9. The zero-order valence-electron chi connectivity index (χ0n) is 12.2. The van der Waals surface area contributed by atoms with Gasteiger partial charge >= 0.3 is 0 Å². The van der Waals surface area contributed by atoms with Gasteiger partial charge in [-0.1, -0.05) is 23.7 Å². The molecule has 0 fully saturated rings. The van der Waals surface area contributed by atoms with Gasteiger partial charge in [0.2, 0.25) is 0 Å². The summed E-state index contributed by atoms with van der Waals surface area (Å²) in [4.78, 5) is 2.28. The van der Waals surface area contributed by atoms with Crippen LogP contribution in [0, 0.1) is 6.92 Å². The third-order valence-electron chi connectivity index (χ3n) is 3.71. The van der Waals surface area contributed by atoms with Crippen molar-refractivity contribution < 1.29 is 4.42 Å². The topological polar surface area (TPSA) is 42.4 Å². The fourth-order valence-electron chi connectivity index (χ4n) is 2.25. The predicted molar refractivity (Wildman–Crippen MR) is 82.7 cm³/mol. The molecule has 1 heterocycles. The standard InChI is InChI=1S/C16H21ClN2O/c1-11(13-4-6-15(17)7-5-13)19(3)10-14-8-16(9-18)20-12(14)2/h4-8,11H,9-10,18H2,1-3H3.